The molecule has 4 heteroatoms. The lowest BCUT2D eigenvalue weighted by Crippen LogP contribution is -2.16. The van der Waals surface area contributed by atoms with E-state index in [1.807, 2.05) is 13.1 Å². The summed E-state index contributed by atoms with van der Waals surface area (Å²) in [5.41, 5.74) is 2.45. The lowest BCUT2D eigenvalue weighted by molar-refractivity contribution is 0.563. The second-order valence-electron chi connectivity index (χ2n) is 5.58. The van der Waals surface area contributed by atoms with E-state index in [4.69, 9.17) is 4.98 Å². The Morgan fingerprint density at radius 3 is 2.63 bits per heavy atom. The Kier molecular flexibility index (Phi) is 4.43. The average Bonchev–Trinajstić information content (AvgIpc) is 2.73. The summed E-state index contributed by atoms with van der Waals surface area (Å²) < 4.78 is 1.09. The fourth-order valence-electron chi connectivity index (χ4n) is 1.96. The van der Waals surface area contributed by atoms with Crippen LogP contribution in [0.4, 0.5) is 0 Å². The first-order valence-corrected chi connectivity index (χ1v) is 7.93. The van der Waals surface area contributed by atoms with Gasteiger partial charge in [-0.05, 0) is 19.2 Å². The molecule has 0 spiro atoms. The summed E-state index contributed by atoms with van der Waals surface area (Å²) in [4.78, 5) is 6.19. The van der Waals surface area contributed by atoms with Gasteiger partial charge in [0.05, 0.1) is 5.69 Å². The van der Waals surface area contributed by atoms with Crippen LogP contribution in [0.3, 0.4) is 0 Å². The fourth-order valence-corrected chi connectivity index (χ4v) is 3.64. The molecule has 0 bridgehead atoms. The first-order chi connectivity index (χ1) is 8.91. The maximum absolute atomic E-state index is 4.87. The van der Waals surface area contributed by atoms with Crippen LogP contribution in [-0.4, -0.2) is 12.0 Å². The van der Waals surface area contributed by atoms with Crippen LogP contribution in [0.5, 0.6) is 0 Å². The maximum Gasteiger partial charge on any atom is 0.123 e. The van der Waals surface area contributed by atoms with Crippen LogP contribution in [0.2, 0.25) is 0 Å². The molecule has 19 heavy (non-hydrogen) atoms. The van der Waals surface area contributed by atoms with E-state index in [2.05, 4.69) is 60.2 Å². The van der Waals surface area contributed by atoms with Crippen molar-refractivity contribution in [1.29, 1.82) is 0 Å². The zero-order valence-electron chi connectivity index (χ0n) is 11.7. The van der Waals surface area contributed by atoms with Gasteiger partial charge in [0.1, 0.15) is 5.01 Å². The highest BCUT2D eigenvalue weighted by Crippen LogP contribution is 2.35. The number of nitrogens with zero attached hydrogens (tertiary/aromatic N) is 1. The topological polar surface area (TPSA) is 24.9 Å². The van der Waals surface area contributed by atoms with E-state index in [0.29, 0.717) is 0 Å². The first-order valence-electron chi connectivity index (χ1n) is 6.32. The van der Waals surface area contributed by atoms with Crippen molar-refractivity contribution in [2.24, 2.45) is 0 Å². The molecule has 0 unspecified atom stereocenters. The van der Waals surface area contributed by atoms with Crippen molar-refractivity contribution in [2.45, 2.75) is 32.7 Å². The number of benzene rings is 1. The van der Waals surface area contributed by atoms with Crippen LogP contribution < -0.4 is 5.32 Å². The third-order valence-corrected chi connectivity index (χ3v) is 4.41. The Hall–Kier alpha value is -0.710. The molecule has 1 aromatic carbocycles. The van der Waals surface area contributed by atoms with Crippen LogP contribution >= 0.6 is 27.3 Å². The van der Waals surface area contributed by atoms with Crippen LogP contribution in [0, 0.1) is 0 Å². The molecule has 0 aliphatic carbocycles. The Labute approximate surface area is 127 Å². The molecule has 2 nitrogen and oxygen atoms in total. The molecule has 1 heterocycles. The SMILES string of the molecule is CNCc1sc(-c2cccc(Br)c2)nc1C(C)(C)C. The molecule has 1 N–H and O–H groups in total. The van der Waals surface area contributed by atoms with Crippen LogP contribution in [0.1, 0.15) is 31.3 Å². The molecule has 0 aliphatic rings. The van der Waals surface area contributed by atoms with Gasteiger partial charge in [0.2, 0.25) is 0 Å². The van der Waals surface area contributed by atoms with Crippen molar-refractivity contribution in [2.75, 3.05) is 7.05 Å². The van der Waals surface area contributed by atoms with Gasteiger partial charge < -0.3 is 5.32 Å². The lowest BCUT2D eigenvalue weighted by atomic mass is 9.91. The van der Waals surface area contributed by atoms with Crippen LogP contribution in [0.25, 0.3) is 10.6 Å². The molecule has 1 aromatic heterocycles. The van der Waals surface area contributed by atoms with Gasteiger partial charge in [-0.3, -0.25) is 0 Å². The van der Waals surface area contributed by atoms with E-state index < -0.39 is 0 Å². The minimum absolute atomic E-state index is 0.0763. The molecule has 0 saturated carbocycles. The number of thiazole rings is 1. The molecule has 0 fully saturated rings. The van der Waals surface area contributed by atoms with Crippen molar-refractivity contribution in [1.82, 2.24) is 10.3 Å². The number of rotatable bonds is 3. The predicted octanol–water partition coefficient (Wildman–Crippen LogP) is 4.59. The van der Waals surface area contributed by atoms with Gasteiger partial charge >= 0.3 is 0 Å². The summed E-state index contributed by atoms with van der Waals surface area (Å²) in [6.07, 6.45) is 0. The second-order valence-corrected chi connectivity index (χ2v) is 7.58. The standard InChI is InChI=1S/C15H19BrN2S/c1-15(2,3)13-12(9-17-4)19-14(18-13)10-6-5-7-11(16)8-10/h5-8,17H,9H2,1-4H3. The van der Waals surface area contributed by atoms with Gasteiger partial charge in [0.15, 0.2) is 0 Å². The number of nitrogens with one attached hydrogen (secondary N) is 1. The largest absolute Gasteiger partial charge is 0.315 e. The van der Waals surface area contributed by atoms with Crippen LogP contribution in [0.15, 0.2) is 28.7 Å². The zero-order chi connectivity index (χ0) is 14.0. The van der Waals surface area contributed by atoms with Crippen molar-refractivity contribution in [3.8, 4) is 10.6 Å². The second kappa shape index (κ2) is 5.73. The molecule has 2 aromatic rings. The highest BCUT2D eigenvalue weighted by molar-refractivity contribution is 9.10. The minimum Gasteiger partial charge on any atom is -0.315 e. The Bertz CT molecular complexity index is 570. The lowest BCUT2D eigenvalue weighted by Gasteiger charge is -2.17. The van der Waals surface area contributed by atoms with Crippen LogP contribution in [-0.2, 0) is 12.0 Å². The zero-order valence-corrected chi connectivity index (χ0v) is 14.2. The molecule has 0 radical (unpaired) electrons. The van der Waals surface area contributed by atoms with Gasteiger partial charge in [-0.1, -0.05) is 48.8 Å². The van der Waals surface area contributed by atoms with Crippen molar-refractivity contribution >= 4 is 27.3 Å². The van der Waals surface area contributed by atoms with E-state index in [1.165, 1.54) is 16.1 Å². The number of halogens is 1. The van der Waals surface area contributed by atoms with Gasteiger partial charge in [0, 0.05) is 26.9 Å². The van der Waals surface area contributed by atoms with Gasteiger partial charge in [-0.25, -0.2) is 4.98 Å². The Morgan fingerprint density at radius 1 is 1.32 bits per heavy atom. The third kappa shape index (κ3) is 3.44. The molecule has 0 saturated heterocycles. The predicted molar refractivity (Wildman–Crippen MR) is 86.7 cm³/mol. The summed E-state index contributed by atoms with van der Waals surface area (Å²) in [5.74, 6) is 0. The van der Waals surface area contributed by atoms with E-state index in [9.17, 15) is 0 Å². The summed E-state index contributed by atoms with van der Waals surface area (Å²) in [5, 5.41) is 4.33. The van der Waals surface area contributed by atoms with E-state index in [0.717, 1.165) is 16.0 Å². The van der Waals surface area contributed by atoms with Crippen molar-refractivity contribution < 1.29 is 0 Å². The number of hydrogen-bond donors (Lipinski definition) is 1. The summed E-state index contributed by atoms with van der Waals surface area (Å²) >= 11 is 5.30. The van der Waals surface area contributed by atoms with E-state index in [-0.39, 0.29) is 5.41 Å². The summed E-state index contributed by atoms with van der Waals surface area (Å²) in [6.45, 7) is 7.52. The molecule has 0 aliphatic heterocycles. The molecule has 0 amide bonds. The number of aromatic nitrogens is 1. The first kappa shape index (κ1) is 14.7. The van der Waals surface area contributed by atoms with E-state index in [1.54, 1.807) is 11.3 Å². The Balaban J connectivity index is 2.48. The normalized spacial score (nSPS) is 11.8. The quantitative estimate of drug-likeness (QED) is 0.885. The average molecular weight is 339 g/mol. The van der Waals surface area contributed by atoms with Gasteiger partial charge in [-0.2, -0.15) is 0 Å². The third-order valence-electron chi connectivity index (χ3n) is 2.82. The smallest absolute Gasteiger partial charge is 0.123 e. The van der Waals surface area contributed by atoms with Gasteiger partial charge in [-0.15, -0.1) is 11.3 Å². The molecule has 0 atom stereocenters. The van der Waals surface area contributed by atoms with Gasteiger partial charge in [0.25, 0.3) is 0 Å². The molecule has 2 rings (SSSR count). The Morgan fingerprint density at radius 2 is 2.05 bits per heavy atom. The molecule has 102 valence electrons. The fraction of sp³-hybridized carbons (Fsp3) is 0.400. The molecular formula is C15H19BrN2S. The maximum atomic E-state index is 4.87. The monoisotopic (exact) mass is 338 g/mol. The van der Waals surface area contributed by atoms with Crippen molar-refractivity contribution in [3.63, 3.8) is 0 Å². The summed E-state index contributed by atoms with van der Waals surface area (Å²) in [6, 6.07) is 8.32. The molecular weight excluding hydrogens is 320 g/mol. The highest BCUT2D eigenvalue weighted by atomic mass is 79.9. The number of hydrogen-bond acceptors (Lipinski definition) is 3. The minimum atomic E-state index is 0.0763. The highest BCUT2D eigenvalue weighted by Gasteiger charge is 2.23. The van der Waals surface area contributed by atoms with Crippen molar-refractivity contribution in [3.05, 3.63) is 39.3 Å². The van der Waals surface area contributed by atoms with E-state index >= 15 is 0 Å². The summed E-state index contributed by atoms with van der Waals surface area (Å²) in [7, 11) is 1.98.